The van der Waals surface area contributed by atoms with E-state index >= 15 is 0 Å². The predicted octanol–water partition coefficient (Wildman–Crippen LogP) is 4.97. The molecule has 2 aliphatic rings. The van der Waals surface area contributed by atoms with E-state index in [4.69, 9.17) is 0 Å². The van der Waals surface area contributed by atoms with E-state index in [9.17, 15) is 4.79 Å². The van der Waals surface area contributed by atoms with Gasteiger partial charge in [-0.25, -0.2) is 4.98 Å². The van der Waals surface area contributed by atoms with Crippen LogP contribution in [0.4, 0.5) is 5.82 Å². The van der Waals surface area contributed by atoms with Gasteiger partial charge in [-0.3, -0.25) is 4.79 Å². The van der Waals surface area contributed by atoms with Crippen LogP contribution in [0.1, 0.15) is 60.0 Å². The number of rotatable bonds is 6. The van der Waals surface area contributed by atoms with Crippen LogP contribution in [-0.4, -0.2) is 40.4 Å². The van der Waals surface area contributed by atoms with Gasteiger partial charge in [0, 0.05) is 42.9 Å². The highest BCUT2D eigenvalue weighted by Gasteiger charge is 2.26. The number of carbonyl (C=O) groups is 1. The van der Waals surface area contributed by atoms with Crippen LogP contribution in [0.3, 0.4) is 0 Å². The van der Waals surface area contributed by atoms with Crippen LogP contribution in [0.5, 0.6) is 0 Å². The lowest BCUT2D eigenvalue weighted by molar-refractivity contribution is 0.0713. The van der Waals surface area contributed by atoms with Crippen LogP contribution in [0, 0.1) is 5.92 Å². The van der Waals surface area contributed by atoms with Crippen LogP contribution in [0.2, 0.25) is 0 Å². The zero-order valence-electron chi connectivity index (χ0n) is 17.7. The Balaban J connectivity index is 1.22. The summed E-state index contributed by atoms with van der Waals surface area (Å²) in [5.74, 6) is 2.27. The molecule has 0 unspecified atom stereocenters. The number of likely N-dealkylation sites (tertiary alicyclic amines) is 1. The number of amides is 1. The van der Waals surface area contributed by atoms with Crippen LogP contribution >= 0.6 is 0 Å². The van der Waals surface area contributed by atoms with Gasteiger partial charge in [-0.15, -0.1) is 0 Å². The molecule has 3 heterocycles. The van der Waals surface area contributed by atoms with E-state index in [1.54, 1.807) is 6.20 Å². The Hall–Kier alpha value is -2.82. The Morgan fingerprint density at radius 2 is 2.00 bits per heavy atom. The number of nitrogens with zero attached hydrogens (tertiary/aromatic N) is 2. The number of anilines is 1. The molecule has 1 saturated heterocycles. The number of piperidine rings is 1. The molecule has 1 aromatic carbocycles. The molecule has 3 aromatic rings. The van der Waals surface area contributed by atoms with Gasteiger partial charge in [0.15, 0.2) is 0 Å². The summed E-state index contributed by atoms with van der Waals surface area (Å²) >= 11 is 0. The molecule has 0 spiro atoms. The zero-order valence-corrected chi connectivity index (χ0v) is 17.7. The molecule has 0 bridgehead atoms. The number of pyridine rings is 1. The molecule has 2 N–H and O–H groups in total. The summed E-state index contributed by atoms with van der Waals surface area (Å²) in [6.07, 6.45) is 9.58. The molecule has 30 heavy (non-hydrogen) atoms. The summed E-state index contributed by atoms with van der Waals surface area (Å²) in [5, 5.41) is 4.70. The van der Waals surface area contributed by atoms with Crippen molar-refractivity contribution in [1.82, 2.24) is 14.9 Å². The standard InChI is InChI=1S/C25H30N4O/c1-2-18-4-3-5-21-22(16-28-24(18)21)19-10-12-29(13-11-19)25(30)20-8-9-23(27-15-20)26-14-17-6-7-17/h3-5,8-9,15-17,19,28H,2,6-7,10-14H2,1H3,(H,26,27). The van der Waals surface area contributed by atoms with Gasteiger partial charge >= 0.3 is 0 Å². The Morgan fingerprint density at radius 1 is 1.17 bits per heavy atom. The Bertz CT molecular complexity index is 1030. The lowest BCUT2D eigenvalue weighted by atomic mass is 9.88. The molecule has 0 radical (unpaired) electrons. The molecule has 1 saturated carbocycles. The Kier molecular flexibility index (Phi) is 5.19. The van der Waals surface area contributed by atoms with Crippen molar-refractivity contribution >= 4 is 22.6 Å². The highest BCUT2D eigenvalue weighted by Crippen LogP contribution is 2.34. The van der Waals surface area contributed by atoms with Gasteiger partial charge in [0.2, 0.25) is 0 Å². The van der Waals surface area contributed by atoms with Crippen LogP contribution in [-0.2, 0) is 6.42 Å². The number of aromatic nitrogens is 2. The van der Waals surface area contributed by atoms with Gasteiger partial charge in [-0.05, 0) is 67.2 Å². The van der Waals surface area contributed by atoms with Gasteiger partial charge in [-0.1, -0.05) is 25.1 Å². The minimum Gasteiger partial charge on any atom is -0.370 e. The quantitative estimate of drug-likeness (QED) is 0.612. The molecular formula is C25H30N4O. The number of aryl methyl sites for hydroxylation is 1. The first-order valence-electron chi connectivity index (χ1n) is 11.3. The van der Waals surface area contributed by atoms with E-state index < -0.39 is 0 Å². The number of para-hydroxylation sites is 1. The number of aromatic amines is 1. The first-order chi connectivity index (χ1) is 14.7. The topological polar surface area (TPSA) is 61.0 Å². The second-order valence-corrected chi connectivity index (χ2v) is 8.76. The minimum absolute atomic E-state index is 0.0990. The summed E-state index contributed by atoms with van der Waals surface area (Å²) in [6, 6.07) is 10.4. The molecular weight excluding hydrogens is 372 g/mol. The second-order valence-electron chi connectivity index (χ2n) is 8.76. The van der Waals surface area contributed by atoms with E-state index in [0.717, 1.165) is 50.6 Å². The number of carbonyl (C=O) groups excluding carboxylic acids is 1. The number of nitrogens with one attached hydrogen (secondary N) is 2. The molecule has 1 aliphatic heterocycles. The van der Waals surface area contributed by atoms with Crippen molar-refractivity contribution in [2.75, 3.05) is 25.0 Å². The Morgan fingerprint density at radius 3 is 2.70 bits per heavy atom. The number of H-pyrrole nitrogens is 1. The van der Waals surface area contributed by atoms with Gasteiger partial charge < -0.3 is 15.2 Å². The predicted molar refractivity (Wildman–Crippen MR) is 121 cm³/mol. The smallest absolute Gasteiger partial charge is 0.255 e. The Labute approximate surface area is 177 Å². The van der Waals surface area contributed by atoms with Crippen molar-refractivity contribution in [3.63, 3.8) is 0 Å². The zero-order chi connectivity index (χ0) is 20.5. The molecule has 1 amide bonds. The van der Waals surface area contributed by atoms with Crippen LogP contribution < -0.4 is 5.32 Å². The van der Waals surface area contributed by atoms with Gasteiger partial charge in [0.05, 0.1) is 5.56 Å². The molecule has 156 valence electrons. The highest BCUT2D eigenvalue weighted by molar-refractivity contribution is 5.94. The molecule has 1 aliphatic carbocycles. The fourth-order valence-corrected chi connectivity index (χ4v) is 4.64. The molecule has 2 fully saturated rings. The van der Waals surface area contributed by atoms with E-state index in [1.165, 1.54) is 34.9 Å². The summed E-state index contributed by atoms with van der Waals surface area (Å²) in [6.45, 7) is 4.78. The first-order valence-corrected chi connectivity index (χ1v) is 11.3. The average Bonchev–Trinajstić information content (AvgIpc) is 3.54. The van der Waals surface area contributed by atoms with Crippen molar-refractivity contribution in [2.45, 2.75) is 44.9 Å². The maximum absolute atomic E-state index is 12.9. The van der Waals surface area contributed by atoms with E-state index in [1.807, 2.05) is 17.0 Å². The number of fused-ring (bicyclic) bond motifs is 1. The van der Waals surface area contributed by atoms with Crippen molar-refractivity contribution in [1.29, 1.82) is 0 Å². The third kappa shape index (κ3) is 3.81. The minimum atomic E-state index is 0.0990. The lowest BCUT2D eigenvalue weighted by Gasteiger charge is -2.32. The van der Waals surface area contributed by atoms with Crippen molar-refractivity contribution in [3.05, 3.63) is 59.4 Å². The summed E-state index contributed by atoms with van der Waals surface area (Å²) in [7, 11) is 0. The highest BCUT2D eigenvalue weighted by atomic mass is 16.2. The molecule has 5 rings (SSSR count). The molecule has 0 atom stereocenters. The van der Waals surface area contributed by atoms with Gasteiger partial charge in [0.25, 0.3) is 5.91 Å². The van der Waals surface area contributed by atoms with Crippen LogP contribution in [0.25, 0.3) is 10.9 Å². The van der Waals surface area contributed by atoms with E-state index in [0.29, 0.717) is 11.5 Å². The van der Waals surface area contributed by atoms with E-state index in [-0.39, 0.29) is 5.91 Å². The first kappa shape index (κ1) is 19.2. The van der Waals surface area contributed by atoms with Crippen molar-refractivity contribution in [3.8, 4) is 0 Å². The maximum atomic E-state index is 12.9. The summed E-state index contributed by atoms with van der Waals surface area (Å²) < 4.78 is 0. The SMILES string of the molecule is CCc1cccc2c(C3CCN(C(=O)c4ccc(NCC5CC5)nc4)CC3)c[nH]c12. The molecule has 2 aromatic heterocycles. The summed E-state index contributed by atoms with van der Waals surface area (Å²) in [4.78, 5) is 22.9. The van der Waals surface area contributed by atoms with Crippen molar-refractivity contribution < 1.29 is 4.79 Å². The molecule has 5 nitrogen and oxygen atoms in total. The third-order valence-corrected chi connectivity index (χ3v) is 6.72. The maximum Gasteiger partial charge on any atom is 0.255 e. The van der Waals surface area contributed by atoms with Crippen molar-refractivity contribution in [2.24, 2.45) is 5.92 Å². The number of hydrogen-bond donors (Lipinski definition) is 2. The molecule has 5 heteroatoms. The van der Waals surface area contributed by atoms with E-state index in [2.05, 4.69) is 46.6 Å². The third-order valence-electron chi connectivity index (χ3n) is 6.72. The van der Waals surface area contributed by atoms with Gasteiger partial charge in [-0.2, -0.15) is 0 Å². The van der Waals surface area contributed by atoms with Gasteiger partial charge in [0.1, 0.15) is 5.82 Å². The fraction of sp³-hybridized carbons (Fsp3) is 0.440. The number of hydrogen-bond acceptors (Lipinski definition) is 3. The normalized spacial score (nSPS) is 17.4. The second kappa shape index (κ2) is 8.13. The summed E-state index contributed by atoms with van der Waals surface area (Å²) in [5.41, 5.74) is 4.73. The fourth-order valence-electron chi connectivity index (χ4n) is 4.64. The largest absolute Gasteiger partial charge is 0.370 e. The average molecular weight is 403 g/mol. The lowest BCUT2D eigenvalue weighted by Crippen LogP contribution is -2.37. The van der Waals surface area contributed by atoms with Crippen LogP contribution in [0.15, 0.2) is 42.7 Å². The number of benzene rings is 1. The monoisotopic (exact) mass is 402 g/mol.